The molecule has 0 aromatic carbocycles. The fourth-order valence-corrected chi connectivity index (χ4v) is 2.37. The van der Waals surface area contributed by atoms with Crippen molar-refractivity contribution in [3.05, 3.63) is 0 Å². The van der Waals surface area contributed by atoms with Gasteiger partial charge in [-0.25, -0.2) is 0 Å². The highest BCUT2D eigenvalue weighted by atomic mass is 16.5. The fraction of sp³-hybridized carbons (Fsp3) is 0.933. The first-order valence-corrected chi connectivity index (χ1v) is 7.60. The standard InChI is InChI=1S/C15H32N4O2/c1-14(2,20-6)11-17-13(16-3)18-12-15(19(4)5)7-9-21-10-8-15/h7-12H2,1-6H3,(H2,16,17,18). The van der Waals surface area contributed by atoms with Crippen molar-refractivity contribution in [1.29, 1.82) is 0 Å². The van der Waals surface area contributed by atoms with Crippen molar-refractivity contribution in [3.8, 4) is 0 Å². The number of nitrogens with one attached hydrogen (secondary N) is 2. The van der Waals surface area contributed by atoms with E-state index >= 15 is 0 Å². The molecular formula is C15H32N4O2. The number of nitrogens with zero attached hydrogens (tertiary/aromatic N) is 2. The second-order valence-electron chi connectivity index (χ2n) is 6.47. The average molecular weight is 300 g/mol. The van der Waals surface area contributed by atoms with Crippen LogP contribution < -0.4 is 10.6 Å². The van der Waals surface area contributed by atoms with Gasteiger partial charge in [0, 0.05) is 46.0 Å². The Kier molecular flexibility index (Phi) is 6.90. The topological polar surface area (TPSA) is 58.1 Å². The van der Waals surface area contributed by atoms with Gasteiger partial charge in [-0.15, -0.1) is 0 Å². The molecule has 0 aliphatic carbocycles. The average Bonchev–Trinajstić information content (AvgIpc) is 2.48. The summed E-state index contributed by atoms with van der Waals surface area (Å²) in [4.78, 5) is 6.59. The molecule has 1 fully saturated rings. The van der Waals surface area contributed by atoms with Crippen LogP contribution in [0.4, 0.5) is 0 Å². The zero-order valence-corrected chi connectivity index (χ0v) is 14.5. The smallest absolute Gasteiger partial charge is 0.191 e. The lowest BCUT2D eigenvalue weighted by Crippen LogP contribution is -2.57. The van der Waals surface area contributed by atoms with Crippen LogP contribution in [0, 0.1) is 0 Å². The van der Waals surface area contributed by atoms with Crippen molar-refractivity contribution in [2.75, 3.05) is 54.6 Å². The lowest BCUT2D eigenvalue weighted by atomic mass is 9.88. The summed E-state index contributed by atoms with van der Waals surface area (Å²) >= 11 is 0. The molecule has 0 spiro atoms. The van der Waals surface area contributed by atoms with Crippen LogP contribution in [0.1, 0.15) is 26.7 Å². The van der Waals surface area contributed by atoms with Gasteiger partial charge >= 0.3 is 0 Å². The summed E-state index contributed by atoms with van der Waals surface area (Å²) in [5.74, 6) is 0.813. The Morgan fingerprint density at radius 2 is 1.90 bits per heavy atom. The normalized spacial score (nSPS) is 19.7. The second-order valence-corrected chi connectivity index (χ2v) is 6.47. The van der Waals surface area contributed by atoms with Gasteiger partial charge in [-0.1, -0.05) is 0 Å². The Morgan fingerprint density at radius 3 is 2.38 bits per heavy atom. The van der Waals surface area contributed by atoms with Crippen molar-refractivity contribution >= 4 is 5.96 Å². The maximum Gasteiger partial charge on any atom is 0.191 e. The van der Waals surface area contributed by atoms with E-state index in [-0.39, 0.29) is 11.1 Å². The predicted molar refractivity (Wildman–Crippen MR) is 86.9 cm³/mol. The fourth-order valence-electron chi connectivity index (χ4n) is 2.37. The van der Waals surface area contributed by atoms with Crippen LogP contribution in [0.15, 0.2) is 4.99 Å². The quantitative estimate of drug-likeness (QED) is 0.558. The van der Waals surface area contributed by atoms with E-state index in [2.05, 4.69) is 34.6 Å². The number of hydrogen-bond donors (Lipinski definition) is 2. The third kappa shape index (κ3) is 5.45. The molecule has 1 aliphatic heterocycles. The number of aliphatic imine (C=N–C) groups is 1. The first-order valence-electron chi connectivity index (χ1n) is 7.60. The highest BCUT2D eigenvalue weighted by Crippen LogP contribution is 2.24. The minimum Gasteiger partial charge on any atom is -0.381 e. The molecular weight excluding hydrogens is 268 g/mol. The Balaban J connectivity index is 2.53. The second kappa shape index (κ2) is 7.96. The largest absolute Gasteiger partial charge is 0.381 e. The zero-order chi connectivity index (χ0) is 15.9. The Hall–Kier alpha value is -0.850. The van der Waals surface area contributed by atoms with Gasteiger partial charge in [-0.2, -0.15) is 0 Å². The molecule has 6 heteroatoms. The minimum absolute atomic E-state index is 0.132. The number of ether oxygens (including phenoxy) is 2. The van der Waals surface area contributed by atoms with Gasteiger partial charge < -0.3 is 25.0 Å². The molecule has 2 N–H and O–H groups in total. The van der Waals surface area contributed by atoms with Crippen LogP contribution >= 0.6 is 0 Å². The van der Waals surface area contributed by atoms with E-state index in [1.807, 2.05) is 13.8 Å². The summed E-state index contributed by atoms with van der Waals surface area (Å²) in [5, 5.41) is 6.76. The Morgan fingerprint density at radius 1 is 1.29 bits per heavy atom. The van der Waals surface area contributed by atoms with Crippen LogP contribution in [0.25, 0.3) is 0 Å². The van der Waals surface area contributed by atoms with Crippen LogP contribution in [0.5, 0.6) is 0 Å². The van der Waals surface area contributed by atoms with Gasteiger partial charge in [0.15, 0.2) is 5.96 Å². The number of methoxy groups -OCH3 is 1. The van der Waals surface area contributed by atoms with E-state index < -0.39 is 0 Å². The monoisotopic (exact) mass is 300 g/mol. The van der Waals surface area contributed by atoms with Gasteiger partial charge in [0.2, 0.25) is 0 Å². The lowest BCUT2D eigenvalue weighted by Gasteiger charge is -2.43. The van der Waals surface area contributed by atoms with Crippen molar-refractivity contribution < 1.29 is 9.47 Å². The van der Waals surface area contributed by atoms with E-state index in [1.54, 1.807) is 14.2 Å². The molecule has 0 aromatic heterocycles. The van der Waals surface area contributed by atoms with Gasteiger partial charge in [0.05, 0.1) is 5.60 Å². The van der Waals surface area contributed by atoms with Crippen LogP contribution in [-0.4, -0.2) is 76.6 Å². The molecule has 0 atom stereocenters. The molecule has 1 saturated heterocycles. The van der Waals surface area contributed by atoms with E-state index in [9.17, 15) is 0 Å². The van der Waals surface area contributed by atoms with Gasteiger partial charge in [0.25, 0.3) is 0 Å². The third-order valence-corrected chi connectivity index (χ3v) is 4.41. The van der Waals surface area contributed by atoms with E-state index in [0.717, 1.165) is 38.6 Å². The molecule has 0 amide bonds. The van der Waals surface area contributed by atoms with E-state index in [0.29, 0.717) is 6.54 Å². The molecule has 0 bridgehead atoms. The summed E-state index contributed by atoms with van der Waals surface area (Å²) in [6.07, 6.45) is 2.07. The van der Waals surface area contributed by atoms with Gasteiger partial charge in [0.1, 0.15) is 0 Å². The summed E-state index contributed by atoms with van der Waals surface area (Å²) in [5.41, 5.74) is -0.0812. The van der Waals surface area contributed by atoms with Crippen molar-refractivity contribution in [2.24, 2.45) is 4.99 Å². The van der Waals surface area contributed by atoms with Crippen LogP contribution in [-0.2, 0) is 9.47 Å². The molecule has 6 nitrogen and oxygen atoms in total. The lowest BCUT2D eigenvalue weighted by molar-refractivity contribution is -0.00513. The maximum atomic E-state index is 5.50. The van der Waals surface area contributed by atoms with Crippen molar-refractivity contribution in [2.45, 2.75) is 37.8 Å². The molecule has 0 saturated carbocycles. The number of rotatable bonds is 6. The Labute approximate surface area is 129 Å². The molecule has 1 rings (SSSR count). The molecule has 0 unspecified atom stereocenters. The molecule has 124 valence electrons. The first kappa shape index (κ1) is 18.2. The summed E-state index contributed by atoms with van der Waals surface area (Å²) in [6, 6.07) is 0. The van der Waals surface area contributed by atoms with Crippen LogP contribution in [0.2, 0.25) is 0 Å². The van der Waals surface area contributed by atoms with Crippen LogP contribution in [0.3, 0.4) is 0 Å². The molecule has 0 aromatic rings. The SMILES string of the molecule is CN=C(NCC(C)(C)OC)NCC1(N(C)C)CCOCC1. The minimum atomic E-state index is -0.213. The Bertz CT molecular complexity index is 337. The summed E-state index contributed by atoms with van der Waals surface area (Å²) in [6.45, 7) is 7.31. The number of likely N-dealkylation sites (N-methyl/N-ethyl adjacent to an activating group) is 1. The highest BCUT2D eigenvalue weighted by molar-refractivity contribution is 5.79. The van der Waals surface area contributed by atoms with E-state index in [4.69, 9.17) is 9.47 Å². The summed E-state index contributed by atoms with van der Waals surface area (Å²) in [7, 11) is 7.79. The molecule has 21 heavy (non-hydrogen) atoms. The van der Waals surface area contributed by atoms with E-state index in [1.165, 1.54) is 0 Å². The first-order chi connectivity index (χ1) is 9.85. The summed E-state index contributed by atoms with van der Waals surface area (Å²) < 4.78 is 10.9. The molecule has 1 aliphatic rings. The molecule has 0 radical (unpaired) electrons. The van der Waals surface area contributed by atoms with Gasteiger partial charge in [-0.05, 0) is 40.8 Å². The zero-order valence-electron chi connectivity index (χ0n) is 14.5. The maximum absolute atomic E-state index is 5.50. The van der Waals surface area contributed by atoms with Gasteiger partial charge in [-0.3, -0.25) is 4.99 Å². The van der Waals surface area contributed by atoms with Crippen molar-refractivity contribution in [1.82, 2.24) is 15.5 Å². The highest BCUT2D eigenvalue weighted by Gasteiger charge is 2.34. The predicted octanol–water partition coefficient (Wildman–Crippen LogP) is 0.687. The third-order valence-electron chi connectivity index (χ3n) is 4.41. The molecule has 1 heterocycles. The number of guanidine groups is 1. The van der Waals surface area contributed by atoms with Crippen molar-refractivity contribution in [3.63, 3.8) is 0 Å². The number of hydrogen-bond acceptors (Lipinski definition) is 4.